The van der Waals surface area contributed by atoms with Crippen LogP contribution in [-0.4, -0.2) is 11.2 Å². The molecule has 0 bridgehead atoms. The zero-order valence-electron chi connectivity index (χ0n) is 21.7. The molecule has 3 fully saturated rings. The summed E-state index contributed by atoms with van der Waals surface area (Å²) in [5.41, 5.74) is 7.96. The summed E-state index contributed by atoms with van der Waals surface area (Å²) in [6, 6.07) is 0. The van der Waals surface area contributed by atoms with Gasteiger partial charge in [0.15, 0.2) is 0 Å². The Kier molecular flexibility index (Phi) is 6.59. The SMILES string of the molecule is CCC(CC[C@@H](C)[C@H]1CCC2=C3CC[C@H]4[C@H](C)[C@@H](O)CC[C@]4(C)[C@H]3CC[C@@]21C)=C(C)C. The minimum Gasteiger partial charge on any atom is -0.393 e. The van der Waals surface area contributed by atoms with Crippen molar-refractivity contribution in [2.75, 3.05) is 0 Å². The molecule has 0 amide bonds. The summed E-state index contributed by atoms with van der Waals surface area (Å²) in [5, 5.41) is 10.5. The van der Waals surface area contributed by atoms with Crippen molar-refractivity contribution in [2.24, 2.45) is 40.4 Å². The molecule has 31 heavy (non-hydrogen) atoms. The smallest absolute Gasteiger partial charge is 0.0568 e. The molecule has 0 heterocycles. The fourth-order valence-corrected chi connectivity index (χ4v) is 9.28. The van der Waals surface area contributed by atoms with E-state index in [9.17, 15) is 5.11 Å². The van der Waals surface area contributed by atoms with Crippen molar-refractivity contribution in [2.45, 2.75) is 125 Å². The van der Waals surface area contributed by atoms with Crippen LogP contribution in [0.5, 0.6) is 0 Å². The lowest BCUT2D eigenvalue weighted by atomic mass is 9.47. The number of allylic oxidation sites excluding steroid dienone is 4. The molecule has 4 aliphatic rings. The van der Waals surface area contributed by atoms with Crippen LogP contribution in [-0.2, 0) is 0 Å². The topological polar surface area (TPSA) is 20.2 Å². The highest BCUT2D eigenvalue weighted by Crippen LogP contribution is 2.66. The Balaban J connectivity index is 1.55. The molecule has 8 atom stereocenters. The number of fused-ring (bicyclic) bond motifs is 4. The zero-order valence-corrected chi connectivity index (χ0v) is 21.7. The van der Waals surface area contributed by atoms with E-state index < -0.39 is 0 Å². The van der Waals surface area contributed by atoms with Crippen molar-refractivity contribution in [3.63, 3.8) is 0 Å². The van der Waals surface area contributed by atoms with Gasteiger partial charge in [-0.05, 0) is 125 Å². The number of rotatable bonds is 5. The van der Waals surface area contributed by atoms with Crippen LogP contribution in [0.1, 0.15) is 119 Å². The molecule has 0 aromatic heterocycles. The van der Waals surface area contributed by atoms with E-state index in [0.717, 1.165) is 30.1 Å². The van der Waals surface area contributed by atoms with Gasteiger partial charge in [-0.15, -0.1) is 0 Å². The summed E-state index contributed by atoms with van der Waals surface area (Å²) >= 11 is 0. The van der Waals surface area contributed by atoms with Gasteiger partial charge in [0.2, 0.25) is 0 Å². The molecule has 1 heteroatoms. The lowest BCUT2D eigenvalue weighted by Gasteiger charge is -2.58. The van der Waals surface area contributed by atoms with Crippen LogP contribution < -0.4 is 0 Å². The summed E-state index contributed by atoms with van der Waals surface area (Å²) < 4.78 is 0. The summed E-state index contributed by atoms with van der Waals surface area (Å²) in [6.07, 6.45) is 14.4. The Morgan fingerprint density at radius 1 is 1.06 bits per heavy atom. The van der Waals surface area contributed by atoms with Crippen molar-refractivity contribution < 1.29 is 5.11 Å². The van der Waals surface area contributed by atoms with Crippen LogP contribution in [0.2, 0.25) is 0 Å². The molecule has 1 N–H and O–H groups in total. The molecule has 1 nitrogen and oxygen atoms in total. The average molecular weight is 427 g/mol. The zero-order chi connectivity index (χ0) is 22.6. The van der Waals surface area contributed by atoms with E-state index in [-0.39, 0.29) is 6.10 Å². The highest BCUT2D eigenvalue weighted by atomic mass is 16.3. The summed E-state index contributed by atoms with van der Waals surface area (Å²) in [5.74, 6) is 3.72. The predicted octanol–water partition coefficient (Wildman–Crippen LogP) is 8.48. The summed E-state index contributed by atoms with van der Waals surface area (Å²) in [6.45, 7) is 17.1. The number of aliphatic hydroxyl groups is 1. The minimum absolute atomic E-state index is 0.0633. The third kappa shape index (κ3) is 3.79. The Labute approximate surface area is 193 Å². The molecule has 0 unspecified atom stereocenters. The first-order chi connectivity index (χ1) is 14.6. The average Bonchev–Trinajstić information content (AvgIpc) is 3.08. The third-order valence-corrected chi connectivity index (χ3v) is 11.3. The van der Waals surface area contributed by atoms with E-state index in [1.54, 1.807) is 11.1 Å². The van der Waals surface area contributed by atoms with Crippen molar-refractivity contribution >= 4 is 0 Å². The quantitative estimate of drug-likeness (QED) is 0.437. The standard InChI is InChI=1S/C30H50O/c1-8-22(19(2)3)10-9-20(4)24-13-14-26-23-11-12-25-21(5)28(31)16-18-30(25,7)27(23)15-17-29(24,26)6/h20-21,24-25,27-28,31H,8-18H2,1-7H3/t20-,21+,24-,25+,27+,28+,29-,30+/m1/s1. The Hall–Kier alpha value is -0.560. The monoisotopic (exact) mass is 426 g/mol. The maximum atomic E-state index is 10.5. The van der Waals surface area contributed by atoms with Crippen molar-refractivity contribution in [3.05, 3.63) is 22.3 Å². The van der Waals surface area contributed by atoms with E-state index in [1.165, 1.54) is 64.2 Å². The molecule has 0 aromatic rings. The van der Waals surface area contributed by atoms with Gasteiger partial charge in [-0.2, -0.15) is 0 Å². The molecule has 3 saturated carbocycles. The lowest BCUT2D eigenvalue weighted by Crippen LogP contribution is -2.51. The first kappa shape index (κ1) is 23.6. The first-order valence-corrected chi connectivity index (χ1v) is 13.7. The molecule has 4 rings (SSSR count). The van der Waals surface area contributed by atoms with E-state index >= 15 is 0 Å². The van der Waals surface area contributed by atoms with Gasteiger partial charge in [0.05, 0.1) is 6.10 Å². The van der Waals surface area contributed by atoms with E-state index in [0.29, 0.717) is 16.7 Å². The van der Waals surface area contributed by atoms with Gasteiger partial charge < -0.3 is 5.11 Å². The minimum atomic E-state index is -0.0633. The number of hydrogen-bond donors (Lipinski definition) is 1. The molecule has 4 aliphatic carbocycles. The molecule has 176 valence electrons. The normalized spacial score (nSPS) is 43.2. The van der Waals surface area contributed by atoms with Crippen LogP contribution in [0, 0.1) is 40.4 Å². The second-order valence-electron chi connectivity index (χ2n) is 12.7. The molecule has 0 aliphatic heterocycles. The third-order valence-electron chi connectivity index (χ3n) is 11.3. The van der Waals surface area contributed by atoms with Gasteiger partial charge in [-0.25, -0.2) is 0 Å². The van der Waals surface area contributed by atoms with Crippen LogP contribution in [0.4, 0.5) is 0 Å². The highest BCUT2D eigenvalue weighted by Gasteiger charge is 2.56. The van der Waals surface area contributed by atoms with Crippen molar-refractivity contribution in [1.82, 2.24) is 0 Å². The number of hydrogen-bond acceptors (Lipinski definition) is 1. The van der Waals surface area contributed by atoms with Gasteiger partial charge in [0.1, 0.15) is 0 Å². The molecule has 0 aromatic carbocycles. The predicted molar refractivity (Wildman–Crippen MR) is 133 cm³/mol. The van der Waals surface area contributed by atoms with Gasteiger partial charge in [0.25, 0.3) is 0 Å². The van der Waals surface area contributed by atoms with Gasteiger partial charge >= 0.3 is 0 Å². The largest absolute Gasteiger partial charge is 0.393 e. The van der Waals surface area contributed by atoms with E-state index in [1.807, 2.05) is 11.1 Å². The molecular weight excluding hydrogens is 376 g/mol. The first-order valence-electron chi connectivity index (χ1n) is 13.7. The van der Waals surface area contributed by atoms with Gasteiger partial charge in [0, 0.05) is 0 Å². The van der Waals surface area contributed by atoms with E-state index in [4.69, 9.17) is 0 Å². The maximum Gasteiger partial charge on any atom is 0.0568 e. The van der Waals surface area contributed by atoms with Crippen LogP contribution in [0.25, 0.3) is 0 Å². The lowest BCUT2D eigenvalue weighted by molar-refractivity contribution is -0.0779. The second-order valence-corrected chi connectivity index (χ2v) is 12.7. The molecule has 0 spiro atoms. The maximum absolute atomic E-state index is 10.5. The second kappa shape index (κ2) is 8.66. The Morgan fingerprint density at radius 3 is 2.48 bits per heavy atom. The van der Waals surface area contributed by atoms with E-state index in [2.05, 4.69) is 48.5 Å². The molecule has 0 radical (unpaired) electrons. The van der Waals surface area contributed by atoms with Crippen LogP contribution in [0.15, 0.2) is 22.3 Å². The van der Waals surface area contributed by atoms with Crippen molar-refractivity contribution in [1.29, 1.82) is 0 Å². The number of aliphatic hydroxyl groups excluding tert-OH is 1. The van der Waals surface area contributed by atoms with Gasteiger partial charge in [-0.3, -0.25) is 0 Å². The summed E-state index contributed by atoms with van der Waals surface area (Å²) in [7, 11) is 0. The molecular formula is C30H50O. The highest BCUT2D eigenvalue weighted by molar-refractivity contribution is 5.35. The fourth-order valence-electron chi connectivity index (χ4n) is 9.28. The summed E-state index contributed by atoms with van der Waals surface area (Å²) in [4.78, 5) is 0. The van der Waals surface area contributed by atoms with Crippen LogP contribution in [0.3, 0.4) is 0 Å². The fraction of sp³-hybridized carbons (Fsp3) is 0.867. The van der Waals surface area contributed by atoms with Gasteiger partial charge in [-0.1, -0.05) is 56.9 Å². The Bertz CT molecular complexity index is 740. The molecule has 0 saturated heterocycles. The Morgan fingerprint density at radius 2 is 1.81 bits per heavy atom. The van der Waals surface area contributed by atoms with Crippen molar-refractivity contribution in [3.8, 4) is 0 Å². The van der Waals surface area contributed by atoms with Crippen LogP contribution >= 0.6 is 0 Å².